The molecule has 3 aromatic rings. The number of pyridine rings is 1. The molecule has 30 heavy (non-hydrogen) atoms. The maximum atomic E-state index is 11.7. The zero-order chi connectivity index (χ0) is 21.6. The lowest BCUT2D eigenvalue weighted by Gasteiger charge is -2.18. The monoisotopic (exact) mass is 407 g/mol. The second-order valence-corrected chi connectivity index (χ2v) is 6.22. The molecule has 0 aliphatic rings. The third-order valence-electron chi connectivity index (χ3n) is 4.31. The minimum atomic E-state index is -0.729. The molecule has 5 heteroatoms. The SMILES string of the molecule is CC.COc1nccc(C(C=O)OCc2ccccc2)c1COCc1ccccc1. The van der Waals surface area contributed by atoms with Crippen LogP contribution in [-0.2, 0) is 34.1 Å². The van der Waals surface area contributed by atoms with Crippen molar-refractivity contribution < 1.29 is 19.0 Å². The second kappa shape index (κ2) is 13.2. The van der Waals surface area contributed by atoms with E-state index in [4.69, 9.17) is 14.2 Å². The van der Waals surface area contributed by atoms with Crippen LogP contribution in [0, 0.1) is 0 Å². The topological polar surface area (TPSA) is 57.7 Å². The van der Waals surface area contributed by atoms with Gasteiger partial charge in [0.15, 0.2) is 6.29 Å². The number of nitrogens with zero attached hydrogens (tertiary/aromatic N) is 1. The Bertz CT molecular complexity index is 869. The van der Waals surface area contributed by atoms with Gasteiger partial charge in [0.25, 0.3) is 0 Å². The fourth-order valence-electron chi connectivity index (χ4n) is 2.88. The van der Waals surface area contributed by atoms with Gasteiger partial charge < -0.3 is 19.0 Å². The van der Waals surface area contributed by atoms with Crippen LogP contribution >= 0.6 is 0 Å². The second-order valence-electron chi connectivity index (χ2n) is 6.22. The highest BCUT2D eigenvalue weighted by atomic mass is 16.5. The van der Waals surface area contributed by atoms with Crippen LogP contribution in [0.25, 0.3) is 0 Å². The van der Waals surface area contributed by atoms with E-state index in [1.54, 1.807) is 19.4 Å². The van der Waals surface area contributed by atoms with Crippen molar-refractivity contribution in [1.82, 2.24) is 4.98 Å². The summed E-state index contributed by atoms with van der Waals surface area (Å²) in [6.07, 6.45) is 1.67. The molecular formula is C25H29NO4. The predicted octanol–water partition coefficient (Wildman–Crippen LogP) is 5.29. The van der Waals surface area contributed by atoms with E-state index in [2.05, 4.69) is 4.98 Å². The molecule has 0 aliphatic heterocycles. The van der Waals surface area contributed by atoms with Crippen molar-refractivity contribution in [2.45, 2.75) is 39.8 Å². The van der Waals surface area contributed by atoms with Gasteiger partial charge in [0.05, 0.1) is 26.9 Å². The Morgan fingerprint density at radius 1 is 0.867 bits per heavy atom. The zero-order valence-electron chi connectivity index (χ0n) is 17.8. The molecule has 0 amide bonds. The summed E-state index contributed by atoms with van der Waals surface area (Å²) in [6.45, 7) is 5.05. The molecule has 0 saturated carbocycles. The normalized spacial score (nSPS) is 11.2. The summed E-state index contributed by atoms with van der Waals surface area (Å²) in [5.74, 6) is 0.431. The van der Waals surface area contributed by atoms with Crippen LogP contribution in [0.5, 0.6) is 5.88 Å². The summed E-state index contributed by atoms with van der Waals surface area (Å²) in [5, 5.41) is 0. The van der Waals surface area contributed by atoms with Gasteiger partial charge in [-0.25, -0.2) is 4.98 Å². The van der Waals surface area contributed by atoms with Gasteiger partial charge in [-0.2, -0.15) is 0 Å². The van der Waals surface area contributed by atoms with Crippen molar-refractivity contribution >= 4 is 6.29 Å². The van der Waals surface area contributed by atoms with Crippen molar-refractivity contribution in [3.05, 3.63) is 95.2 Å². The van der Waals surface area contributed by atoms with E-state index in [0.29, 0.717) is 30.2 Å². The largest absolute Gasteiger partial charge is 0.481 e. The molecule has 3 rings (SSSR count). The first-order valence-electron chi connectivity index (χ1n) is 10.1. The Morgan fingerprint density at radius 2 is 1.47 bits per heavy atom. The van der Waals surface area contributed by atoms with Gasteiger partial charge in [0, 0.05) is 17.3 Å². The fourth-order valence-corrected chi connectivity index (χ4v) is 2.88. The number of benzene rings is 2. The Hall–Kier alpha value is -3.02. The van der Waals surface area contributed by atoms with E-state index in [1.165, 1.54) is 0 Å². The zero-order valence-corrected chi connectivity index (χ0v) is 17.8. The highest BCUT2D eigenvalue weighted by Crippen LogP contribution is 2.28. The van der Waals surface area contributed by atoms with E-state index in [0.717, 1.165) is 17.4 Å². The fraction of sp³-hybridized carbons (Fsp3) is 0.280. The average Bonchev–Trinajstić information content (AvgIpc) is 2.82. The van der Waals surface area contributed by atoms with Gasteiger partial charge in [-0.1, -0.05) is 74.5 Å². The maximum absolute atomic E-state index is 11.7. The van der Waals surface area contributed by atoms with Gasteiger partial charge in [-0.05, 0) is 17.2 Å². The predicted molar refractivity (Wildman–Crippen MR) is 117 cm³/mol. The molecule has 1 atom stereocenters. The van der Waals surface area contributed by atoms with Gasteiger partial charge >= 0.3 is 0 Å². The molecule has 0 aliphatic carbocycles. The van der Waals surface area contributed by atoms with E-state index >= 15 is 0 Å². The summed E-state index contributed by atoms with van der Waals surface area (Å²) < 4.78 is 17.1. The van der Waals surface area contributed by atoms with Crippen LogP contribution in [0.2, 0.25) is 0 Å². The van der Waals surface area contributed by atoms with Gasteiger partial charge in [-0.15, -0.1) is 0 Å². The number of aromatic nitrogens is 1. The van der Waals surface area contributed by atoms with Crippen LogP contribution in [0.4, 0.5) is 0 Å². The van der Waals surface area contributed by atoms with E-state index < -0.39 is 6.10 Å². The third kappa shape index (κ3) is 6.79. The van der Waals surface area contributed by atoms with Gasteiger partial charge in [0.2, 0.25) is 5.88 Å². The van der Waals surface area contributed by atoms with E-state index in [-0.39, 0.29) is 6.61 Å². The van der Waals surface area contributed by atoms with Crippen molar-refractivity contribution in [2.75, 3.05) is 7.11 Å². The molecule has 0 saturated heterocycles. The highest BCUT2D eigenvalue weighted by molar-refractivity contribution is 5.61. The standard InChI is InChI=1S/C23H23NO4.C2H6/c1-26-23-21(17-27-15-18-8-4-2-5-9-18)20(12-13-24-23)22(14-25)28-16-19-10-6-3-7-11-19;1-2/h2-14,22H,15-17H2,1H3;1-2H3. The minimum absolute atomic E-state index is 0.264. The number of rotatable bonds is 10. The smallest absolute Gasteiger partial charge is 0.218 e. The molecule has 1 aromatic heterocycles. The third-order valence-corrected chi connectivity index (χ3v) is 4.31. The molecule has 0 fully saturated rings. The van der Waals surface area contributed by atoms with Crippen molar-refractivity contribution in [2.24, 2.45) is 0 Å². The quantitative estimate of drug-likeness (QED) is 0.427. The van der Waals surface area contributed by atoms with Crippen LogP contribution in [0.1, 0.15) is 42.2 Å². The summed E-state index contributed by atoms with van der Waals surface area (Å²) in [5.41, 5.74) is 3.48. The lowest BCUT2D eigenvalue weighted by molar-refractivity contribution is -0.119. The first-order chi connectivity index (χ1) is 14.8. The number of carbonyl (C=O) groups excluding carboxylic acids is 1. The Balaban J connectivity index is 0.00000155. The number of hydrogen-bond donors (Lipinski definition) is 0. The number of hydrogen-bond acceptors (Lipinski definition) is 5. The number of ether oxygens (including phenoxy) is 3. The molecular weight excluding hydrogens is 378 g/mol. The Kier molecular flexibility index (Phi) is 10.3. The highest BCUT2D eigenvalue weighted by Gasteiger charge is 2.20. The molecule has 0 spiro atoms. The lowest BCUT2D eigenvalue weighted by Crippen LogP contribution is -2.11. The lowest BCUT2D eigenvalue weighted by atomic mass is 10.1. The van der Waals surface area contributed by atoms with Crippen molar-refractivity contribution in [3.8, 4) is 5.88 Å². The van der Waals surface area contributed by atoms with Crippen LogP contribution in [-0.4, -0.2) is 18.4 Å². The Labute approximate surface area is 178 Å². The van der Waals surface area contributed by atoms with Gasteiger partial charge in [0.1, 0.15) is 6.10 Å². The number of carbonyl (C=O) groups is 1. The molecule has 0 N–H and O–H groups in total. The number of methoxy groups -OCH3 is 1. The first kappa shape index (κ1) is 23.3. The average molecular weight is 408 g/mol. The molecule has 0 bridgehead atoms. The van der Waals surface area contributed by atoms with Crippen LogP contribution in [0.15, 0.2) is 72.9 Å². The van der Waals surface area contributed by atoms with Crippen molar-refractivity contribution in [3.63, 3.8) is 0 Å². The van der Waals surface area contributed by atoms with Crippen LogP contribution in [0.3, 0.4) is 0 Å². The van der Waals surface area contributed by atoms with Crippen LogP contribution < -0.4 is 4.74 Å². The summed E-state index contributed by atoms with van der Waals surface area (Å²) in [6, 6.07) is 21.4. The number of aldehydes is 1. The van der Waals surface area contributed by atoms with Gasteiger partial charge in [-0.3, -0.25) is 0 Å². The molecule has 1 heterocycles. The summed E-state index contributed by atoms with van der Waals surface area (Å²) in [7, 11) is 1.55. The van der Waals surface area contributed by atoms with E-state index in [1.807, 2.05) is 74.5 Å². The van der Waals surface area contributed by atoms with Crippen molar-refractivity contribution in [1.29, 1.82) is 0 Å². The molecule has 1 unspecified atom stereocenters. The Morgan fingerprint density at radius 3 is 2.03 bits per heavy atom. The van der Waals surface area contributed by atoms with E-state index in [9.17, 15) is 4.79 Å². The molecule has 2 aromatic carbocycles. The summed E-state index contributed by atoms with van der Waals surface area (Å²) >= 11 is 0. The maximum Gasteiger partial charge on any atom is 0.218 e. The molecule has 0 radical (unpaired) electrons. The molecule has 5 nitrogen and oxygen atoms in total. The first-order valence-corrected chi connectivity index (χ1v) is 10.1. The minimum Gasteiger partial charge on any atom is -0.481 e. The summed E-state index contributed by atoms with van der Waals surface area (Å²) in [4.78, 5) is 16.0. The molecule has 158 valence electrons.